The zero-order valence-electron chi connectivity index (χ0n) is 11.4. The van der Waals surface area contributed by atoms with Crippen LogP contribution in [0, 0.1) is 12.8 Å². The van der Waals surface area contributed by atoms with Crippen molar-refractivity contribution in [1.29, 1.82) is 0 Å². The molecule has 1 saturated heterocycles. The summed E-state index contributed by atoms with van der Waals surface area (Å²) in [7, 11) is 1.18. The normalized spacial score (nSPS) is 23.7. The molecule has 2 aliphatic heterocycles. The highest BCUT2D eigenvalue weighted by Gasteiger charge is 2.57. The van der Waals surface area contributed by atoms with E-state index in [0.29, 0.717) is 5.69 Å². The molecule has 0 unspecified atom stereocenters. The highest BCUT2D eigenvalue weighted by atomic mass is 16.7. The molecule has 2 atom stereocenters. The summed E-state index contributed by atoms with van der Waals surface area (Å²) in [6.07, 6.45) is -1.09. The number of imide groups is 1. The van der Waals surface area contributed by atoms with E-state index in [1.54, 1.807) is 24.3 Å². The van der Waals surface area contributed by atoms with E-state index in [9.17, 15) is 14.4 Å². The van der Waals surface area contributed by atoms with E-state index < -0.39 is 29.8 Å². The molecule has 0 radical (unpaired) electrons. The van der Waals surface area contributed by atoms with Gasteiger partial charge in [-0.25, -0.2) is 9.69 Å². The Kier molecular flexibility index (Phi) is 2.97. The summed E-state index contributed by atoms with van der Waals surface area (Å²) in [5.74, 6) is -2.87. The fourth-order valence-corrected chi connectivity index (χ4v) is 2.40. The lowest BCUT2D eigenvalue weighted by Crippen LogP contribution is -2.34. The van der Waals surface area contributed by atoms with Crippen molar-refractivity contribution in [2.75, 3.05) is 12.0 Å². The second kappa shape index (κ2) is 4.69. The predicted molar refractivity (Wildman–Crippen MR) is 71.5 cm³/mol. The Bertz CT molecular complexity index is 664. The molecular formula is C14H12N2O5. The number of anilines is 1. The first kappa shape index (κ1) is 13.3. The lowest BCUT2D eigenvalue weighted by molar-refractivity contribution is -0.133. The number of benzene rings is 1. The number of carbonyl (C=O) groups excluding carboxylic acids is 3. The van der Waals surface area contributed by atoms with Gasteiger partial charge in [-0.3, -0.25) is 9.59 Å². The van der Waals surface area contributed by atoms with E-state index in [2.05, 4.69) is 9.89 Å². The molecule has 2 amide bonds. The van der Waals surface area contributed by atoms with Crippen LogP contribution in [-0.2, 0) is 24.0 Å². The number of ether oxygens (including phenoxy) is 1. The van der Waals surface area contributed by atoms with Gasteiger partial charge in [0.25, 0.3) is 5.91 Å². The Morgan fingerprint density at radius 3 is 2.52 bits per heavy atom. The number of fused-ring (bicyclic) bond motifs is 1. The fraction of sp³-hybridized carbons (Fsp3) is 0.286. The van der Waals surface area contributed by atoms with Gasteiger partial charge in [-0.2, -0.15) is 0 Å². The summed E-state index contributed by atoms with van der Waals surface area (Å²) in [5.41, 5.74) is 1.28. The third-order valence-corrected chi connectivity index (χ3v) is 3.50. The molecule has 0 N–H and O–H groups in total. The zero-order valence-corrected chi connectivity index (χ0v) is 11.4. The minimum Gasteiger partial charge on any atom is -0.464 e. The number of hydrogen-bond acceptors (Lipinski definition) is 6. The van der Waals surface area contributed by atoms with Gasteiger partial charge in [0.1, 0.15) is 5.92 Å². The molecule has 0 saturated carbocycles. The molecule has 0 spiro atoms. The number of rotatable bonds is 2. The summed E-state index contributed by atoms with van der Waals surface area (Å²) in [4.78, 5) is 42.3. The molecule has 1 aromatic rings. The van der Waals surface area contributed by atoms with Gasteiger partial charge in [-0.15, -0.1) is 0 Å². The monoisotopic (exact) mass is 288 g/mol. The number of nitrogens with zero attached hydrogens (tertiary/aromatic N) is 2. The molecule has 7 nitrogen and oxygen atoms in total. The van der Waals surface area contributed by atoms with Crippen LogP contribution in [0.25, 0.3) is 0 Å². The summed E-state index contributed by atoms with van der Waals surface area (Å²) in [5, 5.41) is 3.51. The summed E-state index contributed by atoms with van der Waals surface area (Å²) in [6, 6.07) is 6.92. The summed E-state index contributed by atoms with van der Waals surface area (Å²) in [6.45, 7) is 1.90. The van der Waals surface area contributed by atoms with Crippen molar-refractivity contribution >= 4 is 29.2 Å². The van der Waals surface area contributed by atoms with E-state index >= 15 is 0 Å². The first-order chi connectivity index (χ1) is 10.0. The van der Waals surface area contributed by atoms with Crippen LogP contribution < -0.4 is 4.90 Å². The van der Waals surface area contributed by atoms with Crippen LogP contribution in [0.1, 0.15) is 5.56 Å². The van der Waals surface area contributed by atoms with E-state index in [1.807, 2.05) is 6.92 Å². The molecular weight excluding hydrogens is 276 g/mol. The van der Waals surface area contributed by atoms with Crippen LogP contribution in [0.5, 0.6) is 0 Å². The Morgan fingerprint density at radius 2 is 1.90 bits per heavy atom. The minimum absolute atomic E-state index is 0.171. The smallest absolute Gasteiger partial charge is 0.356 e. The van der Waals surface area contributed by atoms with Crippen LogP contribution in [0.2, 0.25) is 0 Å². The van der Waals surface area contributed by atoms with Gasteiger partial charge in [0.15, 0.2) is 5.71 Å². The zero-order chi connectivity index (χ0) is 15.1. The SMILES string of the molecule is COC(=O)C1=NO[C@@H]2C(=O)N(c3ccc(C)cc3)C(=O)[C@@H]12. The van der Waals surface area contributed by atoms with E-state index in [4.69, 9.17) is 4.84 Å². The van der Waals surface area contributed by atoms with Gasteiger partial charge >= 0.3 is 5.97 Å². The lowest BCUT2D eigenvalue weighted by atomic mass is 10.00. The van der Waals surface area contributed by atoms with Gasteiger partial charge in [-0.1, -0.05) is 22.9 Å². The largest absolute Gasteiger partial charge is 0.464 e. The van der Waals surface area contributed by atoms with Crippen molar-refractivity contribution in [3.63, 3.8) is 0 Å². The molecule has 7 heteroatoms. The van der Waals surface area contributed by atoms with Crippen molar-refractivity contribution < 1.29 is 24.0 Å². The lowest BCUT2D eigenvalue weighted by Gasteiger charge is -2.15. The van der Waals surface area contributed by atoms with E-state index in [0.717, 1.165) is 10.5 Å². The number of methoxy groups -OCH3 is 1. The number of esters is 1. The standard InChI is InChI=1S/C14H12N2O5/c1-7-3-5-8(6-4-7)16-12(17)9-10(14(19)20-2)15-21-11(9)13(16)18/h3-6,9,11H,1-2H3/t9-,11-/m0/s1. The van der Waals surface area contributed by atoms with Crippen LogP contribution in [0.3, 0.4) is 0 Å². The maximum Gasteiger partial charge on any atom is 0.356 e. The maximum atomic E-state index is 12.5. The highest BCUT2D eigenvalue weighted by Crippen LogP contribution is 2.33. The molecule has 2 aliphatic rings. The van der Waals surface area contributed by atoms with Crippen molar-refractivity contribution in [3.05, 3.63) is 29.8 Å². The van der Waals surface area contributed by atoms with Crippen molar-refractivity contribution in [2.45, 2.75) is 13.0 Å². The number of aryl methyl sites for hydroxylation is 1. The number of oxime groups is 1. The third-order valence-electron chi connectivity index (χ3n) is 3.50. The minimum atomic E-state index is -1.09. The summed E-state index contributed by atoms with van der Waals surface area (Å²) >= 11 is 0. The van der Waals surface area contributed by atoms with Crippen LogP contribution in [0.15, 0.2) is 29.4 Å². The number of carbonyl (C=O) groups is 3. The second-order valence-corrected chi connectivity index (χ2v) is 4.82. The van der Waals surface area contributed by atoms with Gasteiger partial charge in [0, 0.05) is 0 Å². The molecule has 21 heavy (non-hydrogen) atoms. The third kappa shape index (κ3) is 1.89. The van der Waals surface area contributed by atoms with Crippen molar-refractivity contribution in [3.8, 4) is 0 Å². The molecule has 108 valence electrons. The maximum absolute atomic E-state index is 12.5. The van der Waals surface area contributed by atoms with Crippen LogP contribution in [0.4, 0.5) is 5.69 Å². The first-order valence-electron chi connectivity index (χ1n) is 6.31. The molecule has 0 aliphatic carbocycles. The van der Waals surface area contributed by atoms with Crippen LogP contribution >= 0.6 is 0 Å². The number of hydrogen-bond donors (Lipinski definition) is 0. The average Bonchev–Trinajstić information content (AvgIpc) is 3.01. The molecule has 0 bridgehead atoms. The highest BCUT2D eigenvalue weighted by molar-refractivity contribution is 6.46. The molecule has 1 fully saturated rings. The quantitative estimate of drug-likeness (QED) is 0.581. The van der Waals surface area contributed by atoms with E-state index in [-0.39, 0.29) is 5.71 Å². The van der Waals surface area contributed by atoms with Crippen LogP contribution in [-0.4, -0.2) is 36.7 Å². The molecule has 0 aromatic heterocycles. The van der Waals surface area contributed by atoms with Gasteiger partial charge in [-0.05, 0) is 19.1 Å². The molecule has 3 rings (SSSR count). The Morgan fingerprint density at radius 1 is 1.24 bits per heavy atom. The Labute approximate surface area is 120 Å². The van der Waals surface area contributed by atoms with Crippen molar-refractivity contribution in [1.82, 2.24) is 0 Å². The Hall–Kier alpha value is -2.70. The predicted octanol–water partition coefficient (Wildman–Crippen LogP) is 0.412. The molecule has 1 aromatic carbocycles. The Balaban J connectivity index is 1.95. The van der Waals surface area contributed by atoms with Gasteiger partial charge in [0.2, 0.25) is 12.0 Å². The van der Waals surface area contributed by atoms with Crippen molar-refractivity contribution in [2.24, 2.45) is 11.1 Å². The first-order valence-corrected chi connectivity index (χ1v) is 6.31. The number of amides is 2. The fourth-order valence-electron chi connectivity index (χ4n) is 2.40. The average molecular weight is 288 g/mol. The second-order valence-electron chi connectivity index (χ2n) is 4.82. The topological polar surface area (TPSA) is 85.3 Å². The van der Waals surface area contributed by atoms with Gasteiger partial charge in [0.05, 0.1) is 12.8 Å². The van der Waals surface area contributed by atoms with Gasteiger partial charge < -0.3 is 9.57 Å². The molecule has 2 heterocycles. The summed E-state index contributed by atoms with van der Waals surface area (Å²) < 4.78 is 4.55. The van der Waals surface area contributed by atoms with E-state index in [1.165, 1.54) is 7.11 Å².